The van der Waals surface area contributed by atoms with Crippen molar-refractivity contribution in [2.75, 3.05) is 18.6 Å². The summed E-state index contributed by atoms with van der Waals surface area (Å²) in [7, 11) is -1.62. The molecule has 7 nitrogen and oxygen atoms in total. The molecule has 1 aliphatic rings. The predicted octanol–water partition coefficient (Wildman–Crippen LogP) is 1.13. The van der Waals surface area contributed by atoms with E-state index in [-0.39, 0.29) is 17.9 Å². The quantitative estimate of drug-likeness (QED) is 0.732. The number of ether oxygens (including phenoxy) is 2. The molecule has 25 heavy (non-hydrogen) atoms. The fourth-order valence-electron chi connectivity index (χ4n) is 2.56. The molecule has 1 heterocycles. The van der Waals surface area contributed by atoms with Crippen molar-refractivity contribution in [3.8, 4) is 5.75 Å². The summed E-state index contributed by atoms with van der Waals surface area (Å²) in [5.74, 6) is -0.662. The van der Waals surface area contributed by atoms with Crippen LogP contribution in [0.4, 0.5) is 0 Å². The van der Waals surface area contributed by atoms with Crippen LogP contribution < -0.4 is 10.1 Å². The summed E-state index contributed by atoms with van der Waals surface area (Å²) in [4.78, 5) is 24.1. The molecular formula is C16H20ClNO6S. The maximum Gasteiger partial charge on any atom is 0.311 e. The molecule has 0 saturated carbocycles. The first-order valence-corrected chi connectivity index (χ1v) is 9.93. The van der Waals surface area contributed by atoms with Gasteiger partial charge in [0.15, 0.2) is 15.9 Å². The number of rotatable bonds is 6. The minimum Gasteiger partial charge on any atom is -0.496 e. The normalized spacial score (nSPS) is 19.9. The van der Waals surface area contributed by atoms with Gasteiger partial charge in [0, 0.05) is 16.6 Å². The molecule has 1 aliphatic heterocycles. The maximum absolute atomic E-state index is 12.1. The zero-order chi connectivity index (χ0) is 18.6. The molecule has 2 rings (SSSR count). The smallest absolute Gasteiger partial charge is 0.311 e. The SMILES string of the molecule is COc1ccc(Cl)cc1CC(=O)O[C@H](C)C(=O)N[C@H]1CCS(=O)(=O)C1. The second kappa shape index (κ2) is 8.05. The molecule has 1 saturated heterocycles. The lowest BCUT2D eigenvalue weighted by molar-refractivity contribution is -0.154. The highest BCUT2D eigenvalue weighted by molar-refractivity contribution is 7.91. The minimum atomic E-state index is -3.09. The van der Waals surface area contributed by atoms with E-state index in [0.717, 1.165) is 0 Å². The number of hydrogen-bond acceptors (Lipinski definition) is 6. The Bertz CT molecular complexity index is 764. The molecule has 0 spiro atoms. The second-order valence-corrected chi connectivity index (χ2v) is 8.54. The van der Waals surface area contributed by atoms with Crippen molar-refractivity contribution < 1.29 is 27.5 Å². The fourth-order valence-corrected chi connectivity index (χ4v) is 4.43. The summed E-state index contributed by atoms with van der Waals surface area (Å²) in [6.45, 7) is 1.44. The molecule has 0 bridgehead atoms. The number of methoxy groups -OCH3 is 1. The van der Waals surface area contributed by atoms with Crippen molar-refractivity contribution in [3.63, 3.8) is 0 Å². The molecule has 2 atom stereocenters. The first-order valence-electron chi connectivity index (χ1n) is 7.73. The van der Waals surface area contributed by atoms with Crippen LogP contribution in [-0.2, 0) is 30.6 Å². The maximum atomic E-state index is 12.1. The van der Waals surface area contributed by atoms with Crippen molar-refractivity contribution in [1.29, 1.82) is 0 Å². The van der Waals surface area contributed by atoms with Gasteiger partial charge in [0.2, 0.25) is 0 Å². The highest BCUT2D eigenvalue weighted by atomic mass is 35.5. The van der Waals surface area contributed by atoms with E-state index in [4.69, 9.17) is 21.1 Å². The van der Waals surface area contributed by atoms with E-state index in [1.165, 1.54) is 14.0 Å². The van der Waals surface area contributed by atoms with Crippen molar-refractivity contribution >= 4 is 33.3 Å². The summed E-state index contributed by atoms with van der Waals surface area (Å²) in [5, 5.41) is 3.05. The van der Waals surface area contributed by atoms with Crippen LogP contribution in [-0.4, -0.2) is 51.1 Å². The van der Waals surface area contributed by atoms with E-state index >= 15 is 0 Å². The summed E-state index contributed by atoms with van der Waals surface area (Å²) >= 11 is 5.91. The van der Waals surface area contributed by atoms with Crippen LogP contribution in [0.15, 0.2) is 18.2 Å². The summed E-state index contributed by atoms with van der Waals surface area (Å²) < 4.78 is 33.1. The number of sulfone groups is 1. The Morgan fingerprint density at radius 1 is 1.40 bits per heavy atom. The summed E-state index contributed by atoms with van der Waals surface area (Å²) in [6.07, 6.45) is -0.755. The summed E-state index contributed by atoms with van der Waals surface area (Å²) in [5.41, 5.74) is 0.550. The van der Waals surface area contributed by atoms with Crippen molar-refractivity contribution in [2.24, 2.45) is 0 Å². The highest BCUT2D eigenvalue weighted by Gasteiger charge is 2.30. The molecular weight excluding hydrogens is 370 g/mol. The fraction of sp³-hybridized carbons (Fsp3) is 0.500. The monoisotopic (exact) mass is 389 g/mol. The van der Waals surface area contributed by atoms with Crippen LogP contribution in [0, 0.1) is 0 Å². The molecule has 1 aromatic carbocycles. The first kappa shape index (κ1) is 19.5. The standard InChI is InChI=1S/C16H20ClNO6S/c1-10(16(20)18-13-5-6-25(21,22)9-13)24-15(19)8-11-7-12(17)3-4-14(11)23-2/h3-4,7,10,13H,5-6,8-9H2,1-2H3,(H,18,20)/t10-,13+/m1/s1. The number of halogens is 1. The Morgan fingerprint density at radius 3 is 2.72 bits per heavy atom. The number of carbonyl (C=O) groups is 2. The third-order valence-corrected chi connectivity index (χ3v) is 5.84. The third-order valence-electron chi connectivity index (χ3n) is 3.83. The van der Waals surface area contributed by atoms with Gasteiger partial charge >= 0.3 is 5.97 Å². The van der Waals surface area contributed by atoms with E-state index < -0.39 is 33.9 Å². The Balaban J connectivity index is 1.89. The Hall–Kier alpha value is -1.80. The van der Waals surface area contributed by atoms with Gasteiger partial charge in [-0.2, -0.15) is 0 Å². The predicted molar refractivity (Wildman–Crippen MR) is 92.5 cm³/mol. The molecule has 0 aliphatic carbocycles. The zero-order valence-electron chi connectivity index (χ0n) is 14.0. The number of hydrogen-bond donors (Lipinski definition) is 1. The molecule has 138 valence electrons. The topological polar surface area (TPSA) is 98.8 Å². The molecule has 1 fully saturated rings. The number of benzene rings is 1. The van der Waals surface area contributed by atoms with Gasteiger partial charge in [0.1, 0.15) is 5.75 Å². The Morgan fingerprint density at radius 2 is 2.12 bits per heavy atom. The molecule has 0 unspecified atom stereocenters. The van der Waals surface area contributed by atoms with Crippen LogP contribution in [0.1, 0.15) is 18.9 Å². The number of nitrogens with one attached hydrogen (secondary N) is 1. The van der Waals surface area contributed by atoms with E-state index in [2.05, 4.69) is 5.32 Å². The summed E-state index contributed by atoms with van der Waals surface area (Å²) in [6, 6.07) is 4.44. The van der Waals surface area contributed by atoms with E-state index in [0.29, 0.717) is 22.8 Å². The van der Waals surface area contributed by atoms with E-state index in [1.54, 1.807) is 18.2 Å². The van der Waals surface area contributed by atoms with Gasteiger partial charge in [-0.25, -0.2) is 8.42 Å². The molecule has 1 N–H and O–H groups in total. The van der Waals surface area contributed by atoms with E-state index in [1.807, 2.05) is 0 Å². The van der Waals surface area contributed by atoms with Crippen molar-refractivity contribution in [3.05, 3.63) is 28.8 Å². The van der Waals surface area contributed by atoms with Crippen LogP contribution in [0.2, 0.25) is 5.02 Å². The van der Waals surface area contributed by atoms with Gasteiger partial charge in [-0.05, 0) is 31.5 Å². The van der Waals surface area contributed by atoms with Gasteiger partial charge in [0.05, 0.1) is 25.0 Å². The first-order chi connectivity index (χ1) is 11.7. The van der Waals surface area contributed by atoms with E-state index in [9.17, 15) is 18.0 Å². The lowest BCUT2D eigenvalue weighted by atomic mass is 10.1. The van der Waals surface area contributed by atoms with Gasteiger partial charge in [-0.3, -0.25) is 9.59 Å². The third kappa shape index (κ3) is 5.61. The highest BCUT2D eigenvalue weighted by Crippen LogP contribution is 2.23. The van der Waals surface area contributed by atoms with Gasteiger partial charge in [-0.15, -0.1) is 0 Å². The Kier molecular flexibility index (Phi) is 6.29. The molecule has 9 heteroatoms. The van der Waals surface area contributed by atoms with Gasteiger partial charge < -0.3 is 14.8 Å². The number of carbonyl (C=O) groups excluding carboxylic acids is 2. The number of esters is 1. The van der Waals surface area contributed by atoms with Crippen molar-refractivity contribution in [2.45, 2.75) is 31.9 Å². The van der Waals surface area contributed by atoms with Crippen LogP contribution in [0.25, 0.3) is 0 Å². The number of amides is 1. The molecule has 0 radical (unpaired) electrons. The zero-order valence-corrected chi connectivity index (χ0v) is 15.5. The lowest BCUT2D eigenvalue weighted by Gasteiger charge is -2.17. The second-order valence-electron chi connectivity index (χ2n) is 5.87. The van der Waals surface area contributed by atoms with Crippen LogP contribution in [0.3, 0.4) is 0 Å². The van der Waals surface area contributed by atoms with Gasteiger partial charge in [-0.1, -0.05) is 11.6 Å². The largest absolute Gasteiger partial charge is 0.496 e. The van der Waals surface area contributed by atoms with Crippen molar-refractivity contribution in [1.82, 2.24) is 5.32 Å². The average molecular weight is 390 g/mol. The Labute approximate surface area is 151 Å². The van der Waals surface area contributed by atoms with Gasteiger partial charge in [0.25, 0.3) is 5.91 Å². The minimum absolute atomic E-state index is 0.0562. The molecule has 1 amide bonds. The van der Waals surface area contributed by atoms with Crippen LogP contribution >= 0.6 is 11.6 Å². The average Bonchev–Trinajstić information content (AvgIpc) is 2.86. The van der Waals surface area contributed by atoms with Crippen LogP contribution in [0.5, 0.6) is 5.75 Å². The molecule has 1 aromatic rings. The molecule has 0 aromatic heterocycles. The lowest BCUT2D eigenvalue weighted by Crippen LogP contribution is -2.42.